The number of hydrogen-bond donors (Lipinski definition) is 0. The smallest absolute Gasteiger partial charge is 0.0619 e. The fraction of sp³-hybridized carbons (Fsp3) is 0. The predicted octanol–water partition coefficient (Wildman–Crippen LogP) is 13.0. The van der Waals surface area contributed by atoms with Gasteiger partial charge in [-0.25, -0.2) is 0 Å². The SMILES string of the molecule is c1ccc2c(c1)sc1cc(-c3ccc4c(c3)c3cccc5c6cccc7sc8cccc(c9ccccc9n4c53)c8c76)ccc12. The molecule has 1 nitrogen and oxygen atoms in total. The first kappa shape index (κ1) is 24.1. The topological polar surface area (TPSA) is 4.41 Å². The second-order valence-electron chi connectivity index (χ2n) is 12.1. The van der Waals surface area contributed by atoms with Gasteiger partial charge in [-0.05, 0) is 64.4 Å². The molecule has 11 rings (SSSR count). The monoisotopic (exact) mass is 605 g/mol. The van der Waals surface area contributed by atoms with E-state index in [1.165, 1.54) is 100 Å². The lowest BCUT2D eigenvalue weighted by atomic mass is 9.99. The van der Waals surface area contributed by atoms with Crippen LogP contribution in [0.25, 0.3) is 100 Å². The number of benzene rings is 7. The summed E-state index contributed by atoms with van der Waals surface area (Å²) in [5.74, 6) is 0. The van der Waals surface area contributed by atoms with Crippen molar-refractivity contribution in [2.45, 2.75) is 0 Å². The van der Waals surface area contributed by atoms with Crippen LogP contribution < -0.4 is 0 Å². The van der Waals surface area contributed by atoms with E-state index in [4.69, 9.17) is 0 Å². The van der Waals surface area contributed by atoms with Gasteiger partial charge < -0.3 is 4.40 Å². The minimum atomic E-state index is 1.23. The molecule has 0 saturated heterocycles. The molecular weight excluding hydrogens is 583 g/mol. The molecule has 208 valence electrons. The van der Waals surface area contributed by atoms with Gasteiger partial charge in [-0.3, -0.25) is 0 Å². The molecule has 0 unspecified atom stereocenters. The third kappa shape index (κ3) is 3.16. The minimum absolute atomic E-state index is 1.23. The summed E-state index contributed by atoms with van der Waals surface area (Å²) in [5.41, 5.74) is 6.24. The Bertz CT molecular complexity index is 3040. The molecule has 0 amide bonds. The van der Waals surface area contributed by atoms with Gasteiger partial charge in [0.15, 0.2) is 0 Å². The Morgan fingerprint density at radius 1 is 0.333 bits per heavy atom. The molecule has 7 aromatic carbocycles. The highest BCUT2D eigenvalue weighted by molar-refractivity contribution is 7.26. The second kappa shape index (κ2) is 8.70. The average Bonchev–Trinajstić information content (AvgIpc) is 3.77. The summed E-state index contributed by atoms with van der Waals surface area (Å²) >= 11 is 3.78. The molecule has 4 heterocycles. The highest BCUT2D eigenvalue weighted by Crippen LogP contribution is 2.45. The number of thiophene rings is 2. The quantitative estimate of drug-likeness (QED) is 0.175. The highest BCUT2D eigenvalue weighted by Gasteiger charge is 2.18. The lowest BCUT2D eigenvalue weighted by molar-refractivity contribution is 1.35. The second-order valence-corrected chi connectivity index (χ2v) is 14.2. The van der Waals surface area contributed by atoms with E-state index in [-0.39, 0.29) is 0 Å². The van der Waals surface area contributed by atoms with Gasteiger partial charge in [-0.15, -0.1) is 22.7 Å². The fourth-order valence-corrected chi connectivity index (χ4v) is 10.1. The zero-order chi connectivity index (χ0) is 29.2. The number of hydrogen-bond acceptors (Lipinski definition) is 2. The van der Waals surface area contributed by atoms with Crippen LogP contribution in [0.3, 0.4) is 0 Å². The number of fused-ring (bicyclic) bond motifs is 10. The summed E-state index contributed by atoms with van der Waals surface area (Å²) in [6.07, 6.45) is 0. The van der Waals surface area contributed by atoms with E-state index in [1.807, 2.05) is 22.7 Å². The molecule has 0 aliphatic rings. The first-order valence-corrected chi connectivity index (χ1v) is 17.0. The number of para-hydroxylation sites is 2. The number of rotatable bonds is 1. The van der Waals surface area contributed by atoms with Gasteiger partial charge in [0.25, 0.3) is 0 Å². The van der Waals surface area contributed by atoms with Crippen molar-refractivity contribution < 1.29 is 0 Å². The van der Waals surface area contributed by atoms with Crippen LogP contribution in [0, 0.1) is 0 Å². The molecule has 0 aliphatic carbocycles. The van der Waals surface area contributed by atoms with Gasteiger partial charge in [0.2, 0.25) is 0 Å². The van der Waals surface area contributed by atoms with Crippen molar-refractivity contribution in [1.82, 2.24) is 4.40 Å². The molecule has 0 spiro atoms. The molecule has 0 fully saturated rings. The van der Waals surface area contributed by atoms with Crippen molar-refractivity contribution >= 4 is 112 Å². The van der Waals surface area contributed by atoms with Crippen molar-refractivity contribution in [3.63, 3.8) is 0 Å². The molecular formula is C42H23NS2. The molecule has 3 heteroatoms. The zero-order valence-electron chi connectivity index (χ0n) is 24.0. The number of aromatic nitrogens is 1. The maximum absolute atomic E-state index is 2.53. The summed E-state index contributed by atoms with van der Waals surface area (Å²) in [4.78, 5) is 0. The van der Waals surface area contributed by atoms with Gasteiger partial charge >= 0.3 is 0 Å². The predicted molar refractivity (Wildman–Crippen MR) is 199 cm³/mol. The molecule has 11 aromatic rings. The molecule has 0 bridgehead atoms. The molecule has 45 heavy (non-hydrogen) atoms. The normalized spacial score (nSPS) is 12.4. The maximum atomic E-state index is 2.53. The van der Waals surface area contributed by atoms with Crippen molar-refractivity contribution in [3.8, 4) is 11.1 Å². The Labute approximate surface area is 265 Å². The summed E-state index contributed by atoms with van der Waals surface area (Å²) in [6.45, 7) is 0. The van der Waals surface area contributed by atoms with E-state index < -0.39 is 0 Å². The van der Waals surface area contributed by atoms with Gasteiger partial charge in [0.1, 0.15) is 0 Å². The lowest BCUT2D eigenvalue weighted by Gasteiger charge is -2.06. The summed E-state index contributed by atoms with van der Waals surface area (Å²) < 4.78 is 7.89. The molecule has 0 saturated carbocycles. The molecule has 0 radical (unpaired) electrons. The van der Waals surface area contributed by atoms with Crippen LogP contribution in [-0.2, 0) is 0 Å². The van der Waals surface area contributed by atoms with Gasteiger partial charge in [0.05, 0.1) is 16.6 Å². The Morgan fingerprint density at radius 2 is 0.867 bits per heavy atom. The molecule has 0 atom stereocenters. The van der Waals surface area contributed by atoms with Crippen LogP contribution in [0.5, 0.6) is 0 Å². The van der Waals surface area contributed by atoms with Crippen molar-refractivity contribution in [3.05, 3.63) is 140 Å². The average molecular weight is 606 g/mol. The largest absolute Gasteiger partial charge is 0.308 e. The van der Waals surface area contributed by atoms with E-state index in [0.29, 0.717) is 0 Å². The third-order valence-corrected chi connectivity index (χ3v) is 12.0. The Balaban J connectivity index is 1.33. The van der Waals surface area contributed by atoms with Crippen LogP contribution in [0.2, 0.25) is 0 Å². The van der Waals surface area contributed by atoms with Gasteiger partial charge in [-0.2, -0.15) is 0 Å². The Hall–Kier alpha value is -5.22. The standard InChI is InChI=1S/C42H23NS2/c1-3-14-34-26(8-1)29-10-6-16-37-40(29)41-30(11-7-17-38(41)45-37)31-12-5-13-32-33-22-24(19-21-35(33)43(34)42(31)32)25-18-20-28-27-9-2-4-15-36(27)44-39(28)23-25/h1-23H. The minimum Gasteiger partial charge on any atom is -0.308 e. The lowest BCUT2D eigenvalue weighted by Crippen LogP contribution is -1.86. The van der Waals surface area contributed by atoms with E-state index in [1.54, 1.807) is 0 Å². The summed E-state index contributed by atoms with van der Waals surface area (Å²) in [7, 11) is 0. The maximum Gasteiger partial charge on any atom is 0.0619 e. The number of nitrogens with zero attached hydrogens (tertiary/aromatic N) is 1. The van der Waals surface area contributed by atoms with Gasteiger partial charge in [0, 0.05) is 61.9 Å². The van der Waals surface area contributed by atoms with Crippen molar-refractivity contribution in [2.24, 2.45) is 0 Å². The van der Waals surface area contributed by atoms with E-state index >= 15 is 0 Å². The first-order chi connectivity index (χ1) is 22.3. The van der Waals surface area contributed by atoms with E-state index in [9.17, 15) is 0 Å². The fourth-order valence-electron chi connectivity index (χ4n) is 7.83. The van der Waals surface area contributed by atoms with Crippen molar-refractivity contribution in [2.75, 3.05) is 0 Å². The summed E-state index contributed by atoms with van der Waals surface area (Å²) in [6, 6.07) is 52.3. The first-order valence-electron chi connectivity index (χ1n) is 15.4. The van der Waals surface area contributed by atoms with Crippen LogP contribution >= 0.6 is 22.7 Å². The molecule has 0 N–H and O–H groups in total. The van der Waals surface area contributed by atoms with E-state index in [0.717, 1.165) is 0 Å². The van der Waals surface area contributed by atoms with Gasteiger partial charge in [-0.1, -0.05) is 97.1 Å². The molecule has 0 aliphatic heterocycles. The Kier molecular flexibility index (Phi) is 4.67. The van der Waals surface area contributed by atoms with Crippen LogP contribution in [0.15, 0.2) is 140 Å². The van der Waals surface area contributed by atoms with E-state index in [2.05, 4.69) is 144 Å². The van der Waals surface area contributed by atoms with Crippen molar-refractivity contribution in [1.29, 1.82) is 0 Å². The zero-order valence-corrected chi connectivity index (χ0v) is 25.7. The molecule has 4 aromatic heterocycles. The Morgan fingerprint density at radius 3 is 1.71 bits per heavy atom. The highest BCUT2D eigenvalue weighted by atomic mass is 32.1. The third-order valence-electron chi connectivity index (χ3n) is 9.75. The summed E-state index contributed by atoms with van der Waals surface area (Å²) in [5, 5.41) is 13.2. The van der Waals surface area contributed by atoms with Crippen LogP contribution in [-0.4, -0.2) is 4.40 Å². The van der Waals surface area contributed by atoms with Crippen LogP contribution in [0.1, 0.15) is 0 Å². The van der Waals surface area contributed by atoms with Crippen LogP contribution in [0.4, 0.5) is 0 Å².